The Morgan fingerprint density at radius 1 is 0.679 bits per heavy atom. The van der Waals surface area contributed by atoms with Crippen LogP contribution in [0.5, 0.6) is 0 Å². The normalized spacial score (nSPS) is 11.9. The molecule has 28 heavy (non-hydrogen) atoms. The standard InChI is InChI=1S/C20H20N2O4S2/c1-15-6-10-19(11-7-15)27(23,24)22(18-5-3-4-17(21)14-18)28(25,26)20-12-8-16(2)9-13-20/h3-14H,21H2,1-2H3. The van der Waals surface area contributed by atoms with Gasteiger partial charge in [-0.05, 0) is 56.3 Å². The molecule has 0 aliphatic rings. The fourth-order valence-electron chi connectivity index (χ4n) is 2.66. The van der Waals surface area contributed by atoms with E-state index in [1.807, 2.05) is 13.8 Å². The van der Waals surface area contributed by atoms with Crippen molar-refractivity contribution in [3.63, 3.8) is 0 Å². The Labute approximate surface area is 165 Å². The lowest BCUT2D eigenvalue weighted by Crippen LogP contribution is -2.37. The molecule has 3 aromatic rings. The first kappa shape index (κ1) is 19.9. The first-order valence-electron chi connectivity index (χ1n) is 8.42. The number of benzene rings is 3. The van der Waals surface area contributed by atoms with Gasteiger partial charge in [0.2, 0.25) is 0 Å². The van der Waals surface area contributed by atoms with E-state index in [2.05, 4.69) is 0 Å². The molecule has 0 atom stereocenters. The van der Waals surface area contributed by atoms with Gasteiger partial charge in [0.05, 0.1) is 15.5 Å². The Bertz CT molecular complexity index is 1130. The molecule has 0 bridgehead atoms. The molecule has 8 heteroatoms. The summed E-state index contributed by atoms with van der Waals surface area (Å²) in [6.07, 6.45) is 0. The fourth-order valence-corrected chi connectivity index (χ4v) is 6.33. The van der Waals surface area contributed by atoms with Gasteiger partial charge in [-0.15, -0.1) is 0 Å². The van der Waals surface area contributed by atoms with E-state index in [0.29, 0.717) is 3.71 Å². The van der Waals surface area contributed by atoms with Crippen LogP contribution < -0.4 is 9.44 Å². The van der Waals surface area contributed by atoms with E-state index in [9.17, 15) is 16.8 Å². The van der Waals surface area contributed by atoms with Gasteiger partial charge in [0, 0.05) is 5.69 Å². The summed E-state index contributed by atoms with van der Waals surface area (Å²) in [6, 6.07) is 17.8. The molecule has 3 aromatic carbocycles. The van der Waals surface area contributed by atoms with E-state index in [4.69, 9.17) is 5.73 Å². The zero-order valence-corrected chi connectivity index (χ0v) is 17.0. The minimum absolute atomic E-state index is 0.0545. The molecule has 0 aliphatic carbocycles. The van der Waals surface area contributed by atoms with Crippen LogP contribution in [0.15, 0.2) is 82.6 Å². The lowest BCUT2D eigenvalue weighted by molar-refractivity contribution is 0.584. The van der Waals surface area contributed by atoms with Crippen molar-refractivity contribution in [2.24, 2.45) is 0 Å². The molecule has 0 radical (unpaired) electrons. The van der Waals surface area contributed by atoms with Crippen LogP contribution >= 0.6 is 0 Å². The van der Waals surface area contributed by atoms with E-state index in [1.165, 1.54) is 42.5 Å². The van der Waals surface area contributed by atoms with Crippen molar-refractivity contribution in [2.75, 3.05) is 9.44 Å². The van der Waals surface area contributed by atoms with Gasteiger partial charge in [-0.1, -0.05) is 41.5 Å². The van der Waals surface area contributed by atoms with Gasteiger partial charge in [0.1, 0.15) is 0 Å². The van der Waals surface area contributed by atoms with E-state index in [-0.39, 0.29) is 21.2 Å². The first-order chi connectivity index (χ1) is 13.1. The van der Waals surface area contributed by atoms with Gasteiger partial charge >= 0.3 is 0 Å². The summed E-state index contributed by atoms with van der Waals surface area (Å²) in [6.45, 7) is 3.63. The van der Waals surface area contributed by atoms with Crippen LogP contribution in [0.3, 0.4) is 0 Å². The SMILES string of the molecule is Cc1ccc(S(=O)(=O)N(c2cccc(N)c2)S(=O)(=O)c2ccc(C)cc2)cc1. The molecule has 0 fully saturated rings. The number of hydrogen-bond donors (Lipinski definition) is 1. The predicted molar refractivity (Wildman–Crippen MR) is 110 cm³/mol. The van der Waals surface area contributed by atoms with Crippen LogP contribution in [0.2, 0.25) is 0 Å². The minimum atomic E-state index is -4.41. The third-order valence-electron chi connectivity index (χ3n) is 4.16. The molecular weight excluding hydrogens is 396 g/mol. The maximum absolute atomic E-state index is 13.3. The number of sulfonamides is 2. The second-order valence-corrected chi connectivity index (χ2v) is 10.2. The Balaban J connectivity index is 2.26. The molecular formula is C20H20N2O4S2. The average Bonchev–Trinajstić information content (AvgIpc) is 2.62. The lowest BCUT2D eigenvalue weighted by Gasteiger charge is -2.24. The van der Waals surface area contributed by atoms with E-state index in [0.717, 1.165) is 11.1 Å². The van der Waals surface area contributed by atoms with Gasteiger partial charge in [0.25, 0.3) is 20.0 Å². The summed E-state index contributed by atoms with van der Waals surface area (Å²) in [5, 5.41) is 0. The Hall–Kier alpha value is -2.84. The highest BCUT2D eigenvalue weighted by Crippen LogP contribution is 2.32. The lowest BCUT2D eigenvalue weighted by atomic mass is 10.2. The van der Waals surface area contributed by atoms with Crippen molar-refractivity contribution in [3.05, 3.63) is 83.9 Å². The highest BCUT2D eigenvalue weighted by atomic mass is 32.3. The third kappa shape index (κ3) is 3.74. The van der Waals surface area contributed by atoms with Crippen LogP contribution in [-0.4, -0.2) is 16.8 Å². The van der Waals surface area contributed by atoms with Gasteiger partial charge in [-0.25, -0.2) is 16.8 Å². The number of nitrogen functional groups attached to an aromatic ring is 1. The van der Waals surface area contributed by atoms with Gasteiger partial charge in [0.15, 0.2) is 0 Å². The van der Waals surface area contributed by atoms with Crippen molar-refractivity contribution >= 4 is 31.4 Å². The quantitative estimate of drug-likeness (QED) is 0.642. The summed E-state index contributed by atoms with van der Waals surface area (Å²) in [5.74, 6) is 0. The Morgan fingerprint density at radius 3 is 1.50 bits per heavy atom. The Morgan fingerprint density at radius 2 is 1.11 bits per heavy atom. The highest BCUT2D eigenvalue weighted by Gasteiger charge is 2.37. The highest BCUT2D eigenvalue weighted by molar-refractivity contribution is 8.10. The molecule has 0 unspecified atom stereocenters. The number of rotatable bonds is 5. The van der Waals surface area contributed by atoms with Crippen LogP contribution in [0.25, 0.3) is 0 Å². The summed E-state index contributed by atoms with van der Waals surface area (Å²) < 4.78 is 53.8. The zero-order valence-electron chi connectivity index (χ0n) is 15.4. The van der Waals surface area contributed by atoms with Crippen molar-refractivity contribution in [2.45, 2.75) is 23.6 Å². The van der Waals surface area contributed by atoms with Gasteiger partial charge in [-0.2, -0.15) is 3.71 Å². The predicted octanol–water partition coefficient (Wildman–Crippen LogP) is 3.47. The number of nitrogens with two attached hydrogens (primary N) is 1. The van der Waals surface area contributed by atoms with E-state index < -0.39 is 20.0 Å². The molecule has 0 spiro atoms. The largest absolute Gasteiger partial charge is 0.399 e. The van der Waals surface area contributed by atoms with Crippen LogP contribution in [-0.2, 0) is 20.0 Å². The molecule has 0 aliphatic heterocycles. The van der Waals surface area contributed by atoms with E-state index in [1.54, 1.807) is 30.3 Å². The topological polar surface area (TPSA) is 97.5 Å². The molecule has 0 aromatic heterocycles. The molecule has 0 heterocycles. The Kier molecular flexibility index (Phi) is 5.18. The second-order valence-electron chi connectivity index (χ2n) is 6.43. The van der Waals surface area contributed by atoms with E-state index >= 15 is 0 Å². The summed E-state index contributed by atoms with van der Waals surface area (Å²) >= 11 is 0. The van der Waals surface area contributed by atoms with Crippen molar-refractivity contribution in [3.8, 4) is 0 Å². The molecule has 6 nitrogen and oxygen atoms in total. The molecule has 0 saturated carbocycles. The maximum atomic E-state index is 13.3. The number of hydrogen-bond acceptors (Lipinski definition) is 5. The maximum Gasteiger partial charge on any atom is 0.277 e. The van der Waals surface area contributed by atoms with Crippen molar-refractivity contribution in [1.29, 1.82) is 0 Å². The monoisotopic (exact) mass is 416 g/mol. The molecule has 0 saturated heterocycles. The van der Waals surface area contributed by atoms with Crippen LogP contribution in [0, 0.1) is 13.8 Å². The number of aryl methyl sites for hydroxylation is 2. The summed E-state index contributed by atoms with van der Waals surface area (Å²) in [4.78, 5) is -0.257. The number of anilines is 2. The van der Waals surface area contributed by atoms with Gasteiger partial charge in [-0.3, -0.25) is 0 Å². The molecule has 146 valence electrons. The van der Waals surface area contributed by atoms with Crippen molar-refractivity contribution < 1.29 is 16.8 Å². The molecule has 2 N–H and O–H groups in total. The van der Waals surface area contributed by atoms with Gasteiger partial charge < -0.3 is 5.73 Å². The van der Waals surface area contributed by atoms with Crippen LogP contribution in [0.4, 0.5) is 11.4 Å². The number of nitrogens with zero attached hydrogens (tertiary/aromatic N) is 1. The smallest absolute Gasteiger partial charge is 0.277 e. The molecule has 3 rings (SSSR count). The fraction of sp³-hybridized carbons (Fsp3) is 0.100. The molecule has 0 amide bonds. The zero-order chi connectivity index (χ0) is 20.5. The first-order valence-corrected chi connectivity index (χ1v) is 11.3. The third-order valence-corrected chi connectivity index (χ3v) is 8.36. The summed E-state index contributed by atoms with van der Waals surface area (Å²) in [7, 11) is -8.83. The van der Waals surface area contributed by atoms with Crippen molar-refractivity contribution in [1.82, 2.24) is 0 Å². The minimum Gasteiger partial charge on any atom is -0.399 e. The average molecular weight is 417 g/mol. The summed E-state index contributed by atoms with van der Waals surface area (Å²) in [5.41, 5.74) is 7.69. The second kappa shape index (κ2) is 7.29. The van der Waals surface area contributed by atoms with Crippen LogP contribution in [0.1, 0.15) is 11.1 Å².